The Morgan fingerprint density at radius 2 is 1.76 bits per heavy atom. The van der Waals surface area contributed by atoms with Gasteiger partial charge in [-0.3, -0.25) is 4.90 Å². The first-order valence-electron chi connectivity index (χ1n) is 8.13. The molecule has 0 unspecified atom stereocenters. The van der Waals surface area contributed by atoms with Gasteiger partial charge in [0.2, 0.25) is 0 Å². The van der Waals surface area contributed by atoms with Gasteiger partial charge < -0.3 is 4.74 Å². The summed E-state index contributed by atoms with van der Waals surface area (Å²) in [6.45, 7) is 5.70. The summed E-state index contributed by atoms with van der Waals surface area (Å²) >= 11 is 0. The molecule has 1 heterocycles. The summed E-state index contributed by atoms with van der Waals surface area (Å²) in [5.41, 5.74) is 2.73. The minimum absolute atomic E-state index is 1.01. The van der Waals surface area contributed by atoms with E-state index in [1.165, 1.54) is 54.3 Å². The second-order valence-corrected chi connectivity index (χ2v) is 5.95. The third kappa shape index (κ3) is 2.91. The number of ether oxygens (including phenoxy) is 1. The van der Waals surface area contributed by atoms with Crippen molar-refractivity contribution < 1.29 is 4.74 Å². The summed E-state index contributed by atoms with van der Waals surface area (Å²) in [6, 6.07) is 11.0. The molecule has 0 amide bonds. The van der Waals surface area contributed by atoms with Crippen molar-refractivity contribution in [2.45, 2.75) is 39.2 Å². The molecule has 2 nitrogen and oxygen atoms in total. The molecule has 1 saturated heterocycles. The van der Waals surface area contributed by atoms with Crippen molar-refractivity contribution >= 4 is 10.8 Å². The molecule has 0 aliphatic carbocycles. The Morgan fingerprint density at radius 1 is 1.05 bits per heavy atom. The van der Waals surface area contributed by atoms with E-state index in [1.807, 2.05) is 0 Å². The SMILES string of the molecule is CCc1c(OC)cc(CN2CCCCC2)c2ccccc12. The Hall–Kier alpha value is -1.54. The van der Waals surface area contributed by atoms with Gasteiger partial charge in [0.25, 0.3) is 0 Å². The Kier molecular flexibility index (Phi) is 4.45. The molecule has 2 heteroatoms. The van der Waals surface area contributed by atoms with E-state index in [9.17, 15) is 0 Å². The van der Waals surface area contributed by atoms with E-state index in [4.69, 9.17) is 4.74 Å². The van der Waals surface area contributed by atoms with Crippen molar-refractivity contribution in [3.8, 4) is 5.75 Å². The number of hydrogen-bond acceptors (Lipinski definition) is 2. The number of methoxy groups -OCH3 is 1. The lowest BCUT2D eigenvalue weighted by Crippen LogP contribution is -2.29. The molecule has 3 rings (SSSR count). The number of aryl methyl sites for hydroxylation is 1. The second kappa shape index (κ2) is 6.48. The molecule has 0 radical (unpaired) electrons. The van der Waals surface area contributed by atoms with Gasteiger partial charge in [0, 0.05) is 12.1 Å². The maximum Gasteiger partial charge on any atom is 0.123 e. The number of hydrogen-bond donors (Lipinski definition) is 0. The molecule has 21 heavy (non-hydrogen) atoms. The number of rotatable bonds is 4. The number of fused-ring (bicyclic) bond motifs is 1. The van der Waals surface area contributed by atoms with Crippen LogP contribution in [0.3, 0.4) is 0 Å². The third-order valence-corrected chi connectivity index (χ3v) is 4.62. The highest BCUT2D eigenvalue weighted by Crippen LogP contribution is 2.32. The summed E-state index contributed by atoms with van der Waals surface area (Å²) in [7, 11) is 1.79. The zero-order valence-electron chi connectivity index (χ0n) is 13.2. The van der Waals surface area contributed by atoms with Crippen LogP contribution in [0.5, 0.6) is 5.75 Å². The zero-order chi connectivity index (χ0) is 14.7. The summed E-state index contributed by atoms with van der Waals surface area (Å²) in [5.74, 6) is 1.04. The molecular formula is C19H25NO. The number of likely N-dealkylation sites (tertiary alicyclic amines) is 1. The molecule has 112 valence electrons. The monoisotopic (exact) mass is 283 g/mol. The van der Waals surface area contributed by atoms with Gasteiger partial charge in [-0.15, -0.1) is 0 Å². The standard InChI is InChI=1S/C19H25NO/c1-3-16-18-10-6-5-9-17(18)15(13-19(16)21-2)14-20-11-7-4-8-12-20/h5-6,9-10,13H,3-4,7-8,11-12,14H2,1-2H3. The minimum atomic E-state index is 1.01. The molecule has 1 aliphatic rings. The largest absolute Gasteiger partial charge is 0.496 e. The van der Waals surface area contributed by atoms with Crippen molar-refractivity contribution in [2.24, 2.45) is 0 Å². The molecule has 0 saturated carbocycles. The molecule has 0 spiro atoms. The number of nitrogens with zero attached hydrogens (tertiary/aromatic N) is 1. The quantitative estimate of drug-likeness (QED) is 0.824. The first kappa shape index (κ1) is 14.4. The van der Waals surface area contributed by atoms with Gasteiger partial charge in [0.05, 0.1) is 7.11 Å². The minimum Gasteiger partial charge on any atom is -0.496 e. The molecular weight excluding hydrogens is 258 g/mol. The van der Waals surface area contributed by atoms with E-state index in [1.54, 1.807) is 7.11 Å². The fraction of sp³-hybridized carbons (Fsp3) is 0.474. The van der Waals surface area contributed by atoms with Crippen LogP contribution < -0.4 is 4.74 Å². The van der Waals surface area contributed by atoms with Gasteiger partial charge >= 0.3 is 0 Å². The van der Waals surface area contributed by atoms with E-state index in [0.29, 0.717) is 0 Å². The van der Waals surface area contributed by atoms with Crippen LogP contribution in [0.25, 0.3) is 10.8 Å². The molecule has 1 fully saturated rings. The van der Waals surface area contributed by atoms with Gasteiger partial charge in [0.1, 0.15) is 5.75 Å². The molecule has 2 aromatic rings. The zero-order valence-corrected chi connectivity index (χ0v) is 13.2. The van der Waals surface area contributed by atoms with E-state index in [0.717, 1.165) is 18.7 Å². The van der Waals surface area contributed by atoms with Crippen LogP contribution >= 0.6 is 0 Å². The van der Waals surface area contributed by atoms with Crippen molar-refractivity contribution in [3.63, 3.8) is 0 Å². The Labute approximate surface area is 127 Å². The lowest BCUT2D eigenvalue weighted by atomic mass is 9.96. The molecule has 0 aromatic heterocycles. The maximum absolute atomic E-state index is 5.66. The summed E-state index contributed by atoms with van der Waals surface area (Å²) < 4.78 is 5.66. The Morgan fingerprint density at radius 3 is 2.43 bits per heavy atom. The van der Waals surface area contributed by atoms with Crippen molar-refractivity contribution in [3.05, 3.63) is 41.5 Å². The van der Waals surface area contributed by atoms with Crippen molar-refractivity contribution in [1.82, 2.24) is 4.90 Å². The Bertz CT molecular complexity index is 614. The van der Waals surface area contributed by atoms with Crippen LogP contribution in [-0.2, 0) is 13.0 Å². The van der Waals surface area contributed by atoms with Crippen molar-refractivity contribution in [2.75, 3.05) is 20.2 Å². The normalized spacial score (nSPS) is 16.3. The van der Waals surface area contributed by atoms with E-state index in [-0.39, 0.29) is 0 Å². The van der Waals surface area contributed by atoms with Gasteiger partial charge in [0.15, 0.2) is 0 Å². The van der Waals surface area contributed by atoms with Gasteiger partial charge in [-0.25, -0.2) is 0 Å². The molecule has 0 bridgehead atoms. The summed E-state index contributed by atoms with van der Waals surface area (Å²) in [5, 5.41) is 2.74. The molecule has 1 aliphatic heterocycles. The van der Waals surface area contributed by atoms with Gasteiger partial charge in [-0.05, 0) is 54.8 Å². The Balaban J connectivity index is 2.04. The first-order chi connectivity index (χ1) is 10.3. The number of piperidine rings is 1. The van der Waals surface area contributed by atoms with Crippen molar-refractivity contribution in [1.29, 1.82) is 0 Å². The highest BCUT2D eigenvalue weighted by Gasteiger charge is 2.15. The van der Waals surface area contributed by atoms with E-state index in [2.05, 4.69) is 42.2 Å². The topological polar surface area (TPSA) is 12.5 Å². The van der Waals surface area contributed by atoms with Crippen LogP contribution in [0.15, 0.2) is 30.3 Å². The summed E-state index contributed by atoms with van der Waals surface area (Å²) in [6.07, 6.45) is 5.06. The second-order valence-electron chi connectivity index (χ2n) is 5.95. The van der Waals surface area contributed by atoms with Crippen LogP contribution in [0.1, 0.15) is 37.3 Å². The lowest BCUT2D eigenvalue weighted by Gasteiger charge is -2.27. The van der Waals surface area contributed by atoms with Gasteiger partial charge in [-0.1, -0.05) is 37.6 Å². The highest BCUT2D eigenvalue weighted by atomic mass is 16.5. The molecule has 2 aromatic carbocycles. The lowest BCUT2D eigenvalue weighted by molar-refractivity contribution is 0.221. The van der Waals surface area contributed by atoms with E-state index >= 15 is 0 Å². The molecule has 0 atom stereocenters. The first-order valence-corrected chi connectivity index (χ1v) is 8.13. The molecule has 0 N–H and O–H groups in total. The average Bonchev–Trinajstić information content (AvgIpc) is 2.55. The predicted molar refractivity (Wildman–Crippen MR) is 89.0 cm³/mol. The highest BCUT2D eigenvalue weighted by molar-refractivity contribution is 5.90. The summed E-state index contributed by atoms with van der Waals surface area (Å²) in [4.78, 5) is 2.58. The number of benzene rings is 2. The van der Waals surface area contributed by atoms with E-state index < -0.39 is 0 Å². The van der Waals surface area contributed by atoms with Crippen LogP contribution in [0, 0.1) is 0 Å². The van der Waals surface area contributed by atoms with Crippen LogP contribution in [-0.4, -0.2) is 25.1 Å². The van der Waals surface area contributed by atoms with Gasteiger partial charge in [-0.2, -0.15) is 0 Å². The smallest absolute Gasteiger partial charge is 0.123 e. The predicted octanol–water partition coefficient (Wildman–Crippen LogP) is 4.40. The fourth-order valence-electron chi connectivity index (χ4n) is 3.52. The third-order valence-electron chi connectivity index (χ3n) is 4.62. The van der Waals surface area contributed by atoms with Crippen LogP contribution in [0.2, 0.25) is 0 Å². The average molecular weight is 283 g/mol. The maximum atomic E-state index is 5.66. The van der Waals surface area contributed by atoms with Crippen LogP contribution in [0.4, 0.5) is 0 Å². The fourth-order valence-corrected chi connectivity index (χ4v) is 3.52.